The number of rotatable bonds is 2. The van der Waals surface area contributed by atoms with Crippen LogP contribution < -0.4 is 10.6 Å². The zero-order valence-electron chi connectivity index (χ0n) is 10.4. The Morgan fingerprint density at radius 1 is 1.28 bits per heavy atom. The number of hydrogen-bond donors (Lipinski definition) is 2. The molecular weight excluding hydrogens is 226 g/mol. The van der Waals surface area contributed by atoms with Gasteiger partial charge in [-0.3, -0.25) is 5.41 Å². The number of hydrogen-bond acceptors (Lipinski definition) is 3. The summed E-state index contributed by atoms with van der Waals surface area (Å²) in [5.74, 6) is 0.127. The van der Waals surface area contributed by atoms with Crippen LogP contribution in [0.25, 0.3) is 0 Å². The van der Waals surface area contributed by atoms with Gasteiger partial charge in [0.25, 0.3) is 0 Å². The van der Waals surface area contributed by atoms with Crippen molar-refractivity contribution in [2.75, 3.05) is 18.1 Å². The smallest absolute Gasteiger partial charge is 0.122 e. The van der Waals surface area contributed by atoms with Gasteiger partial charge in [-0.15, -0.1) is 0 Å². The third-order valence-corrected chi connectivity index (χ3v) is 3.99. The van der Waals surface area contributed by atoms with Gasteiger partial charge in [0.05, 0.1) is 18.8 Å². The highest BCUT2D eigenvalue weighted by molar-refractivity contribution is 5.95. The number of fused-ring (bicyclic) bond motifs is 1. The molecule has 1 aromatic rings. The maximum absolute atomic E-state index is 7.41. The Morgan fingerprint density at radius 3 is 2.78 bits per heavy atom. The van der Waals surface area contributed by atoms with Crippen LogP contribution >= 0.6 is 0 Å². The molecule has 4 nitrogen and oxygen atoms in total. The first-order chi connectivity index (χ1) is 8.75. The average Bonchev–Trinajstić information content (AvgIpc) is 2.87. The lowest BCUT2D eigenvalue weighted by Gasteiger charge is -2.39. The fourth-order valence-electron chi connectivity index (χ4n) is 3.08. The van der Waals surface area contributed by atoms with E-state index in [1.807, 2.05) is 12.1 Å². The van der Waals surface area contributed by atoms with Gasteiger partial charge in [0.2, 0.25) is 0 Å². The normalized spacial score (nSPS) is 27.0. The van der Waals surface area contributed by atoms with Crippen molar-refractivity contribution in [2.24, 2.45) is 5.73 Å². The molecule has 1 saturated carbocycles. The number of morpholine rings is 1. The van der Waals surface area contributed by atoms with Crippen LogP contribution in [0.1, 0.15) is 24.8 Å². The highest BCUT2D eigenvalue weighted by Crippen LogP contribution is 2.33. The van der Waals surface area contributed by atoms with Crippen molar-refractivity contribution >= 4 is 11.5 Å². The molecule has 2 unspecified atom stereocenters. The molecule has 1 aliphatic heterocycles. The zero-order chi connectivity index (χ0) is 12.5. The SMILES string of the molecule is N=C(N)c1ccc(N2CCOC3CCCC32)cc1. The molecular formula is C14H19N3O. The second-order valence-electron chi connectivity index (χ2n) is 5.06. The van der Waals surface area contributed by atoms with Gasteiger partial charge in [-0.2, -0.15) is 0 Å². The van der Waals surface area contributed by atoms with Crippen LogP contribution in [-0.2, 0) is 4.74 Å². The second kappa shape index (κ2) is 4.61. The Morgan fingerprint density at radius 2 is 2.06 bits per heavy atom. The highest BCUT2D eigenvalue weighted by atomic mass is 16.5. The highest BCUT2D eigenvalue weighted by Gasteiger charge is 2.35. The third kappa shape index (κ3) is 1.97. The quantitative estimate of drug-likeness (QED) is 0.616. The van der Waals surface area contributed by atoms with E-state index in [0.29, 0.717) is 12.1 Å². The summed E-state index contributed by atoms with van der Waals surface area (Å²) in [6, 6.07) is 8.52. The van der Waals surface area contributed by atoms with Crippen LogP contribution in [0.3, 0.4) is 0 Å². The molecule has 0 spiro atoms. The van der Waals surface area contributed by atoms with Crippen LogP contribution in [0, 0.1) is 5.41 Å². The van der Waals surface area contributed by atoms with Crippen molar-refractivity contribution in [2.45, 2.75) is 31.4 Å². The van der Waals surface area contributed by atoms with Crippen LogP contribution in [-0.4, -0.2) is 31.1 Å². The number of amidine groups is 1. The number of ether oxygens (including phenoxy) is 1. The molecule has 3 N–H and O–H groups in total. The minimum Gasteiger partial charge on any atom is -0.384 e. The minimum absolute atomic E-state index is 0.127. The predicted octanol–water partition coefficient (Wildman–Crippen LogP) is 1.73. The largest absolute Gasteiger partial charge is 0.384 e. The van der Waals surface area contributed by atoms with Gasteiger partial charge in [0.1, 0.15) is 5.84 Å². The van der Waals surface area contributed by atoms with Gasteiger partial charge in [0.15, 0.2) is 0 Å². The molecule has 1 aromatic carbocycles. The molecule has 0 radical (unpaired) electrons. The lowest BCUT2D eigenvalue weighted by Crippen LogP contribution is -2.48. The molecule has 0 aromatic heterocycles. The molecule has 0 amide bonds. The standard InChI is InChI=1S/C14H19N3O/c15-14(16)10-4-6-11(7-5-10)17-8-9-18-13-3-1-2-12(13)17/h4-7,12-13H,1-3,8-9H2,(H3,15,16). The maximum atomic E-state index is 7.41. The van der Waals surface area contributed by atoms with E-state index >= 15 is 0 Å². The summed E-state index contributed by atoms with van der Waals surface area (Å²) in [6.45, 7) is 1.77. The number of nitrogens with zero attached hydrogens (tertiary/aromatic N) is 1. The molecule has 1 saturated heterocycles. The molecule has 2 fully saturated rings. The molecule has 3 rings (SSSR count). The van der Waals surface area contributed by atoms with E-state index < -0.39 is 0 Å². The Kier molecular flexibility index (Phi) is 2.96. The first-order valence-corrected chi connectivity index (χ1v) is 6.58. The van der Waals surface area contributed by atoms with E-state index in [1.165, 1.54) is 24.9 Å². The van der Waals surface area contributed by atoms with Gasteiger partial charge >= 0.3 is 0 Å². The van der Waals surface area contributed by atoms with Gasteiger partial charge in [-0.05, 0) is 43.5 Å². The van der Waals surface area contributed by atoms with E-state index in [1.54, 1.807) is 0 Å². The summed E-state index contributed by atoms with van der Waals surface area (Å²) < 4.78 is 5.82. The molecule has 2 atom stereocenters. The maximum Gasteiger partial charge on any atom is 0.122 e. The molecule has 1 heterocycles. The van der Waals surface area contributed by atoms with Crippen molar-refractivity contribution in [1.29, 1.82) is 5.41 Å². The molecule has 2 aliphatic rings. The van der Waals surface area contributed by atoms with Crippen molar-refractivity contribution in [3.63, 3.8) is 0 Å². The second-order valence-corrected chi connectivity index (χ2v) is 5.06. The van der Waals surface area contributed by atoms with Crippen molar-refractivity contribution < 1.29 is 4.74 Å². The summed E-state index contributed by atoms with van der Waals surface area (Å²) in [5.41, 5.74) is 7.49. The van der Waals surface area contributed by atoms with E-state index in [9.17, 15) is 0 Å². The summed E-state index contributed by atoms with van der Waals surface area (Å²) in [6.07, 6.45) is 4.08. The van der Waals surface area contributed by atoms with Gasteiger partial charge < -0.3 is 15.4 Å². The van der Waals surface area contributed by atoms with Gasteiger partial charge in [-0.25, -0.2) is 0 Å². The molecule has 18 heavy (non-hydrogen) atoms. The minimum atomic E-state index is 0.127. The molecule has 4 heteroatoms. The summed E-state index contributed by atoms with van der Waals surface area (Å²) >= 11 is 0. The third-order valence-electron chi connectivity index (χ3n) is 3.99. The van der Waals surface area contributed by atoms with Crippen LogP contribution in [0.5, 0.6) is 0 Å². The molecule has 96 valence electrons. The molecule has 0 bridgehead atoms. The predicted molar refractivity (Wildman–Crippen MR) is 72.2 cm³/mol. The average molecular weight is 245 g/mol. The lowest BCUT2D eigenvalue weighted by molar-refractivity contribution is 0.0256. The van der Waals surface area contributed by atoms with Crippen LogP contribution in [0.4, 0.5) is 5.69 Å². The van der Waals surface area contributed by atoms with Crippen LogP contribution in [0.2, 0.25) is 0 Å². The van der Waals surface area contributed by atoms with E-state index in [-0.39, 0.29) is 5.84 Å². The fraction of sp³-hybridized carbons (Fsp3) is 0.500. The van der Waals surface area contributed by atoms with E-state index in [2.05, 4.69) is 17.0 Å². The number of anilines is 1. The van der Waals surface area contributed by atoms with Crippen molar-refractivity contribution in [1.82, 2.24) is 0 Å². The Hall–Kier alpha value is -1.55. The summed E-state index contributed by atoms with van der Waals surface area (Å²) in [4.78, 5) is 2.45. The van der Waals surface area contributed by atoms with Crippen LogP contribution in [0.15, 0.2) is 24.3 Å². The van der Waals surface area contributed by atoms with Gasteiger partial charge in [-0.1, -0.05) is 0 Å². The number of nitrogens with two attached hydrogens (primary N) is 1. The van der Waals surface area contributed by atoms with Crippen molar-refractivity contribution in [3.8, 4) is 0 Å². The monoisotopic (exact) mass is 245 g/mol. The molecule has 1 aliphatic carbocycles. The topological polar surface area (TPSA) is 62.3 Å². The summed E-state index contributed by atoms with van der Waals surface area (Å²) in [5, 5.41) is 7.41. The van der Waals surface area contributed by atoms with Gasteiger partial charge in [0, 0.05) is 17.8 Å². The lowest BCUT2D eigenvalue weighted by atomic mass is 10.1. The Bertz CT molecular complexity index is 443. The Labute approximate surface area is 107 Å². The van der Waals surface area contributed by atoms with E-state index in [4.69, 9.17) is 15.9 Å². The van der Waals surface area contributed by atoms with Crippen molar-refractivity contribution in [3.05, 3.63) is 29.8 Å². The first-order valence-electron chi connectivity index (χ1n) is 6.58. The summed E-state index contributed by atoms with van der Waals surface area (Å²) in [7, 11) is 0. The van der Waals surface area contributed by atoms with E-state index in [0.717, 1.165) is 18.7 Å². The first kappa shape index (κ1) is 11.5. The number of benzene rings is 1. The number of nitrogens with one attached hydrogen (secondary N) is 1. The fourth-order valence-corrected chi connectivity index (χ4v) is 3.08. The Balaban J connectivity index is 1.82. The zero-order valence-corrected chi connectivity index (χ0v) is 10.4. The number of nitrogen functional groups attached to an aromatic ring is 1.